The van der Waals surface area contributed by atoms with Crippen molar-refractivity contribution in [2.75, 3.05) is 0 Å². The molecule has 0 spiro atoms. The minimum absolute atomic E-state index is 0.274. The van der Waals surface area contributed by atoms with Crippen LogP contribution in [0.2, 0.25) is 0 Å². The number of rotatable bonds is 6. The highest BCUT2D eigenvalue weighted by Gasteiger charge is 2.48. The first-order chi connectivity index (χ1) is 12.6. The summed E-state index contributed by atoms with van der Waals surface area (Å²) < 4.78 is 29.2. The van der Waals surface area contributed by atoms with E-state index in [1.807, 2.05) is 32.9 Å². The molecule has 3 rings (SSSR count). The molecule has 0 saturated heterocycles. The third kappa shape index (κ3) is 4.42. The van der Waals surface area contributed by atoms with Gasteiger partial charge >= 0.3 is 0 Å². The zero-order chi connectivity index (χ0) is 19.8. The lowest BCUT2D eigenvalue weighted by Crippen LogP contribution is -2.51. The maximum Gasteiger partial charge on any atom is 0.136 e. The van der Waals surface area contributed by atoms with E-state index in [1.165, 1.54) is 12.1 Å². The molecule has 2 atom stereocenters. The lowest BCUT2D eigenvalue weighted by Gasteiger charge is -2.36. The van der Waals surface area contributed by atoms with E-state index in [9.17, 15) is 8.94 Å². The van der Waals surface area contributed by atoms with E-state index in [2.05, 4.69) is 23.2 Å². The molecule has 27 heavy (non-hydrogen) atoms. The summed E-state index contributed by atoms with van der Waals surface area (Å²) in [7, 11) is 0. The standard InChI is InChI=1S/C22H27FN2OS/c1-6-19-13-17(14-20(24-19)15-7-11-18(23)12-8-15)22(5,16-9-10-16)25-27(26)21(2,3)4/h6-8,11-14,16,25H,1,9-10H2,2-5H3. The fourth-order valence-electron chi connectivity index (χ4n) is 3.11. The minimum atomic E-state index is -1.20. The van der Waals surface area contributed by atoms with Crippen LogP contribution in [0, 0.1) is 11.7 Å². The first-order valence-electron chi connectivity index (χ1n) is 9.24. The van der Waals surface area contributed by atoms with Crippen LogP contribution in [0.3, 0.4) is 0 Å². The predicted octanol–water partition coefficient (Wildman–Crippen LogP) is 5.21. The Morgan fingerprint density at radius 1 is 1.19 bits per heavy atom. The summed E-state index contributed by atoms with van der Waals surface area (Å²) in [5.41, 5.74) is 2.97. The molecule has 1 aliphatic rings. The second kappa shape index (κ2) is 7.38. The van der Waals surface area contributed by atoms with Gasteiger partial charge in [-0.2, -0.15) is 0 Å². The molecule has 0 aliphatic heterocycles. The van der Waals surface area contributed by atoms with Gasteiger partial charge in [-0.15, -0.1) is 4.72 Å². The van der Waals surface area contributed by atoms with E-state index in [4.69, 9.17) is 0 Å². The van der Waals surface area contributed by atoms with E-state index in [1.54, 1.807) is 18.2 Å². The first-order valence-corrected chi connectivity index (χ1v) is 10.4. The Morgan fingerprint density at radius 2 is 1.81 bits per heavy atom. The number of halogens is 1. The van der Waals surface area contributed by atoms with Crippen molar-refractivity contribution in [3.63, 3.8) is 0 Å². The average molecular weight is 387 g/mol. The molecular weight excluding hydrogens is 359 g/mol. The van der Waals surface area contributed by atoms with Gasteiger partial charge in [0.25, 0.3) is 0 Å². The fraction of sp³-hybridized carbons (Fsp3) is 0.409. The van der Waals surface area contributed by atoms with Crippen LogP contribution < -0.4 is 4.72 Å². The van der Waals surface area contributed by atoms with Gasteiger partial charge in [0, 0.05) is 16.9 Å². The van der Waals surface area contributed by atoms with Gasteiger partial charge in [-0.3, -0.25) is 0 Å². The number of pyridine rings is 1. The van der Waals surface area contributed by atoms with Gasteiger partial charge in [-0.05, 0) is 94.5 Å². The molecule has 1 heterocycles. The number of nitrogens with zero attached hydrogens (tertiary/aromatic N) is 1. The lowest BCUT2D eigenvalue weighted by atomic mass is 9.87. The highest BCUT2D eigenvalue weighted by atomic mass is 32.2. The van der Waals surface area contributed by atoms with Crippen molar-refractivity contribution in [3.8, 4) is 11.3 Å². The fourth-order valence-corrected chi connectivity index (χ4v) is 4.08. The molecule has 1 fully saturated rings. The first kappa shape index (κ1) is 20.1. The normalized spacial score (nSPS) is 18.0. The number of nitrogens with one attached hydrogen (secondary N) is 1. The molecule has 5 heteroatoms. The van der Waals surface area contributed by atoms with Gasteiger partial charge in [0.15, 0.2) is 0 Å². The highest BCUT2D eigenvalue weighted by molar-refractivity contribution is 7.90. The third-order valence-electron chi connectivity index (χ3n) is 5.05. The zero-order valence-electron chi connectivity index (χ0n) is 16.4. The van der Waals surface area contributed by atoms with E-state index in [-0.39, 0.29) is 10.6 Å². The van der Waals surface area contributed by atoms with E-state index < -0.39 is 16.9 Å². The van der Waals surface area contributed by atoms with Crippen molar-refractivity contribution < 1.29 is 8.94 Å². The number of aromatic nitrogens is 1. The van der Waals surface area contributed by atoms with E-state index >= 15 is 0 Å². The molecule has 2 unspecified atom stereocenters. The largest absolute Gasteiger partial charge is 0.598 e. The molecule has 0 radical (unpaired) electrons. The predicted molar refractivity (Wildman–Crippen MR) is 111 cm³/mol. The summed E-state index contributed by atoms with van der Waals surface area (Å²) in [5.74, 6) is 0.147. The van der Waals surface area contributed by atoms with Crippen LogP contribution >= 0.6 is 0 Å². The molecule has 3 nitrogen and oxygen atoms in total. The smallest absolute Gasteiger partial charge is 0.136 e. The van der Waals surface area contributed by atoms with Gasteiger partial charge in [0.2, 0.25) is 0 Å². The van der Waals surface area contributed by atoms with Crippen LogP contribution in [0.5, 0.6) is 0 Å². The topological polar surface area (TPSA) is 48.0 Å². The SMILES string of the molecule is C=Cc1cc(C(C)(N[S+]([O-])C(C)(C)C)C2CC2)cc(-c2ccc(F)cc2)n1. The highest BCUT2D eigenvalue weighted by Crippen LogP contribution is 2.47. The summed E-state index contributed by atoms with van der Waals surface area (Å²) in [4.78, 5) is 4.63. The Bertz CT molecular complexity index is 827. The van der Waals surface area contributed by atoms with Crippen molar-refractivity contribution in [2.45, 2.75) is 50.8 Å². The lowest BCUT2D eigenvalue weighted by molar-refractivity contribution is 0.370. The van der Waals surface area contributed by atoms with Crippen molar-refractivity contribution in [2.24, 2.45) is 5.92 Å². The van der Waals surface area contributed by atoms with Gasteiger partial charge in [-0.25, -0.2) is 9.37 Å². The van der Waals surface area contributed by atoms with Gasteiger partial charge in [0.05, 0.1) is 16.9 Å². The monoisotopic (exact) mass is 386 g/mol. The van der Waals surface area contributed by atoms with E-state index in [0.717, 1.165) is 35.4 Å². The van der Waals surface area contributed by atoms with Crippen LogP contribution in [-0.4, -0.2) is 14.3 Å². The second-order valence-electron chi connectivity index (χ2n) is 8.34. The van der Waals surface area contributed by atoms with Crippen molar-refractivity contribution in [1.29, 1.82) is 0 Å². The van der Waals surface area contributed by atoms with Gasteiger partial charge < -0.3 is 4.55 Å². The minimum Gasteiger partial charge on any atom is -0.598 e. The molecule has 0 bridgehead atoms. The third-order valence-corrected chi connectivity index (χ3v) is 6.77. The Balaban J connectivity index is 2.06. The van der Waals surface area contributed by atoms with Crippen molar-refractivity contribution in [3.05, 3.63) is 60.1 Å². The van der Waals surface area contributed by atoms with Gasteiger partial charge in [0.1, 0.15) is 10.6 Å². The quantitative estimate of drug-likeness (QED) is 0.694. The Labute approximate surface area is 164 Å². The summed E-state index contributed by atoms with van der Waals surface area (Å²) in [6, 6.07) is 10.3. The second-order valence-corrected chi connectivity index (χ2v) is 10.3. The number of hydrogen-bond donors (Lipinski definition) is 1. The maximum absolute atomic E-state index is 13.3. The summed E-state index contributed by atoms with van der Waals surface area (Å²) in [6.07, 6.45) is 3.91. The maximum atomic E-state index is 13.3. The molecule has 1 N–H and O–H groups in total. The molecule has 1 aliphatic carbocycles. The Morgan fingerprint density at radius 3 is 2.33 bits per heavy atom. The molecule has 1 aromatic heterocycles. The molecule has 1 aromatic carbocycles. The average Bonchev–Trinajstić information content (AvgIpc) is 3.46. The molecule has 2 aromatic rings. The molecule has 1 saturated carbocycles. The number of hydrogen-bond acceptors (Lipinski definition) is 3. The zero-order valence-corrected chi connectivity index (χ0v) is 17.2. The molecular formula is C22H27FN2OS. The van der Waals surface area contributed by atoms with Crippen LogP contribution in [0.4, 0.5) is 4.39 Å². The van der Waals surface area contributed by atoms with Crippen LogP contribution in [0.15, 0.2) is 43.0 Å². The summed E-state index contributed by atoms with van der Waals surface area (Å²) >= 11 is -1.20. The van der Waals surface area contributed by atoms with Crippen LogP contribution in [0.1, 0.15) is 51.8 Å². The molecule has 0 amide bonds. The van der Waals surface area contributed by atoms with Gasteiger partial charge in [-0.1, -0.05) is 6.58 Å². The van der Waals surface area contributed by atoms with E-state index in [0.29, 0.717) is 5.92 Å². The summed E-state index contributed by atoms with van der Waals surface area (Å²) in [5, 5.41) is 0. The van der Waals surface area contributed by atoms with Crippen molar-refractivity contribution >= 4 is 17.4 Å². The summed E-state index contributed by atoms with van der Waals surface area (Å²) in [6.45, 7) is 11.9. The van der Waals surface area contributed by atoms with Crippen LogP contribution in [0.25, 0.3) is 17.3 Å². The Hall–Kier alpha value is -1.69. The Kier molecular flexibility index (Phi) is 5.48. The molecule has 144 valence electrons. The van der Waals surface area contributed by atoms with Crippen molar-refractivity contribution in [1.82, 2.24) is 9.71 Å². The number of benzene rings is 1. The van der Waals surface area contributed by atoms with Crippen LogP contribution in [-0.2, 0) is 16.9 Å².